The number of rotatable bonds is 0. The monoisotopic (exact) mass is 468 g/mol. The summed E-state index contributed by atoms with van der Waals surface area (Å²) in [6.07, 6.45) is 1.24. The molecule has 0 aliphatic carbocycles. The van der Waals surface area contributed by atoms with E-state index in [1.54, 1.807) is 6.07 Å². The number of phenols is 1. The van der Waals surface area contributed by atoms with E-state index in [0.29, 0.717) is 16.7 Å². The highest BCUT2D eigenvalue weighted by Crippen LogP contribution is 2.37. The zero-order valence-corrected chi connectivity index (χ0v) is 17.1. The van der Waals surface area contributed by atoms with Crippen molar-refractivity contribution in [3.05, 3.63) is 69.7 Å². The van der Waals surface area contributed by atoms with Crippen molar-refractivity contribution in [2.45, 2.75) is 11.5 Å². The molecule has 2 aromatic carbocycles. The number of pyridine rings is 1. The van der Waals surface area contributed by atoms with E-state index in [1.807, 2.05) is 0 Å². The lowest BCUT2D eigenvalue weighted by Crippen LogP contribution is -2.15. The number of halogens is 3. The highest BCUT2D eigenvalue weighted by Gasteiger charge is 2.26. The van der Waals surface area contributed by atoms with Gasteiger partial charge in [-0.05, 0) is 29.8 Å². The second-order valence-electron chi connectivity index (χ2n) is 6.35. The third-order valence-corrected chi connectivity index (χ3v) is 6.39. The minimum Gasteiger partial charge on any atom is -0.505 e. The number of anilines is 1. The molecule has 1 aliphatic rings. The molecular formula is C19H11Cl2FN2O5S. The van der Waals surface area contributed by atoms with Gasteiger partial charge in [0.25, 0.3) is 10.0 Å². The van der Waals surface area contributed by atoms with Gasteiger partial charge in [-0.3, -0.25) is 4.72 Å². The van der Waals surface area contributed by atoms with Crippen LogP contribution in [-0.4, -0.2) is 24.5 Å². The maximum Gasteiger partial charge on any atom is 0.338 e. The fraction of sp³-hybridized carbons (Fsp3) is 0.0526. The molecule has 0 amide bonds. The van der Waals surface area contributed by atoms with Gasteiger partial charge in [-0.15, -0.1) is 0 Å². The normalized spacial score (nSPS) is 15.0. The minimum absolute atomic E-state index is 0.00291. The van der Waals surface area contributed by atoms with Crippen LogP contribution in [0.3, 0.4) is 0 Å². The predicted octanol–water partition coefficient (Wildman–Crippen LogP) is 4.37. The third-order valence-electron chi connectivity index (χ3n) is 4.39. The molecule has 1 aromatic heterocycles. The first-order valence-corrected chi connectivity index (χ1v) is 10.6. The van der Waals surface area contributed by atoms with Crippen LogP contribution in [0.4, 0.5) is 10.1 Å². The lowest BCUT2D eigenvalue weighted by atomic mass is 10.0. The quantitative estimate of drug-likeness (QED) is 0.374. The number of nitrogens with zero attached hydrogens (tertiary/aromatic N) is 1. The average Bonchev–Trinajstić information content (AvgIpc) is 2.69. The van der Waals surface area contributed by atoms with Gasteiger partial charge in [0.1, 0.15) is 11.5 Å². The van der Waals surface area contributed by atoms with Crippen molar-refractivity contribution in [2.24, 2.45) is 0 Å². The maximum atomic E-state index is 13.7. The number of hydrogen-bond donors (Lipinski definition) is 2. The fourth-order valence-electron chi connectivity index (χ4n) is 2.94. The van der Waals surface area contributed by atoms with E-state index in [0.717, 1.165) is 18.2 Å². The first kappa shape index (κ1) is 20.4. The highest BCUT2D eigenvalue weighted by atomic mass is 35.5. The number of sulfonamides is 1. The topological polar surface area (TPSA) is 106 Å². The zero-order chi connectivity index (χ0) is 21.6. The lowest BCUT2D eigenvalue weighted by molar-refractivity contribution is 0.0472. The summed E-state index contributed by atoms with van der Waals surface area (Å²) in [5.74, 6) is -2.43. The second-order valence-corrected chi connectivity index (χ2v) is 8.81. The fourth-order valence-corrected chi connectivity index (χ4v) is 4.65. The van der Waals surface area contributed by atoms with E-state index in [9.17, 15) is 22.7 Å². The molecule has 0 fully saturated rings. The minimum atomic E-state index is -4.39. The third kappa shape index (κ3) is 3.67. The molecule has 11 heteroatoms. The van der Waals surface area contributed by atoms with Crippen LogP contribution < -0.4 is 4.72 Å². The number of ether oxygens (including phenoxy) is 1. The largest absolute Gasteiger partial charge is 0.505 e. The standard InChI is InChI=1S/C19H11Cl2FN2O5S/c20-13-2-1-9-4-15(13)24-30(27,28)16-5-10(3-14(21)18(16)25)19(26)29-8-11-6-17(22)23-7-12(9)11/h1-7,24-25H,8H2. The Bertz CT molecular complexity index is 1310. The van der Waals surface area contributed by atoms with Gasteiger partial charge in [0.15, 0.2) is 5.75 Å². The van der Waals surface area contributed by atoms with Gasteiger partial charge >= 0.3 is 5.97 Å². The molecule has 3 aromatic rings. The van der Waals surface area contributed by atoms with Crippen molar-refractivity contribution >= 4 is 44.9 Å². The van der Waals surface area contributed by atoms with Gasteiger partial charge in [-0.25, -0.2) is 18.2 Å². The predicted molar refractivity (Wildman–Crippen MR) is 108 cm³/mol. The molecule has 0 radical (unpaired) electrons. The number of fused-ring (bicyclic) bond motifs is 6. The Morgan fingerprint density at radius 1 is 1.10 bits per heavy atom. The van der Waals surface area contributed by atoms with Crippen molar-refractivity contribution in [1.29, 1.82) is 0 Å². The van der Waals surface area contributed by atoms with Crippen molar-refractivity contribution in [1.82, 2.24) is 4.98 Å². The number of hydrogen-bond acceptors (Lipinski definition) is 6. The van der Waals surface area contributed by atoms with E-state index in [2.05, 4.69) is 9.71 Å². The molecule has 1 aliphatic heterocycles. The Morgan fingerprint density at radius 2 is 1.87 bits per heavy atom. The number of esters is 1. The van der Waals surface area contributed by atoms with E-state index in [1.165, 1.54) is 18.3 Å². The number of aromatic nitrogens is 1. The summed E-state index contributed by atoms with van der Waals surface area (Å²) in [7, 11) is -4.39. The smallest absolute Gasteiger partial charge is 0.338 e. The number of aromatic hydroxyl groups is 1. The molecule has 2 heterocycles. The van der Waals surface area contributed by atoms with Gasteiger partial charge in [-0.2, -0.15) is 4.39 Å². The van der Waals surface area contributed by atoms with Crippen LogP contribution in [0.15, 0.2) is 47.5 Å². The first-order valence-electron chi connectivity index (χ1n) is 8.32. The Morgan fingerprint density at radius 3 is 2.63 bits per heavy atom. The van der Waals surface area contributed by atoms with Gasteiger partial charge in [0, 0.05) is 23.4 Å². The summed E-state index contributed by atoms with van der Waals surface area (Å²) in [5, 5.41) is 9.88. The molecule has 0 saturated heterocycles. The van der Waals surface area contributed by atoms with Crippen LogP contribution in [0.25, 0.3) is 11.1 Å². The molecule has 30 heavy (non-hydrogen) atoms. The molecule has 4 rings (SSSR count). The number of benzene rings is 2. The number of nitrogens with one attached hydrogen (secondary N) is 1. The summed E-state index contributed by atoms with van der Waals surface area (Å²) in [4.78, 5) is 15.5. The summed E-state index contributed by atoms with van der Waals surface area (Å²) in [5.41, 5.74) is 0.941. The van der Waals surface area contributed by atoms with Crippen molar-refractivity contribution in [3.8, 4) is 16.9 Å². The van der Waals surface area contributed by atoms with Crippen molar-refractivity contribution in [3.63, 3.8) is 0 Å². The van der Waals surface area contributed by atoms with Crippen LogP contribution in [0, 0.1) is 5.95 Å². The Kier molecular flexibility index (Phi) is 5.05. The lowest BCUT2D eigenvalue weighted by Gasteiger charge is -2.13. The summed E-state index contributed by atoms with van der Waals surface area (Å²) < 4.78 is 47.0. The molecule has 154 valence electrons. The first-order chi connectivity index (χ1) is 14.2. The summed E-state index contributed by atoms with van der Waals surface area (Å²) >= 11 is 12.1. The van der Waals surface area contributed by atoms with E-state index in [4.69, 9.17) is 27.9 Å². The van der Waals surface area contributed by atoms with Gasteiger partial charge in [0.05, 0.1) is 21.3 Å². The Balaban J connectivity index is 1.99. The summed E-state index contributed by atoms with van der Waals surface area (Å²) in [6, 6.07) is 7.54. The Hall–Kier alpha value is -2.88. The van der Waals surface area contributed by atoms with Crippen molar-refractivity contribution < 1.29 is 27.4 Å². The van der Waals surface area contributed by atoms with E-state index >= 15 is 0 Å². The summed E-state index contributed by atoms with van der Waals surface area (Å²) in [6.45, 7) is -0.320. The zero-order valence-electron chi connectivity index (χ0n) is 14.8. The van der Waals surface area contributed by atoms with Crippen LogP contribution in [0.2, 0.25) is 10.0 Å². The molecule has 2 N–H and O–H groups in total. The number of phenolic OH excluding ortho intramolecular Hbond substituents is 1. The SMILES string of the molecule is O=C1OCc2cc(F)ncc2-c2ccc(Cl)c(c2)NS(=O)(=O)c2cc1cc(Cl)c2O. The van der Waals surface area contributed by atoms with E-state index in [-0.39, 0.29) is 27.9 Å². The molecule has 0 unspecified atom stereocenters. The van der Waals surface area contributed by atoms with Gasteiger partial charge in [0.2, 0.25) is 5.95 Å². The number of carbonyl (C=O) groups excluding carboxylic acids is 1. The Labute approximate surface area is 180 Å². The molecular weight excluding hydrogens is 458 g/mol. The number of carbonyl (C=O) groups is 1. The van der Waals surface area contributed by atoms with E-state index < -0.39 is 32.6 Å². The van der Waals surface area contributed by atoms with Crippen LogP contribution in [0.5, 0.6) is 5.75 Å². The van der Waals surface area contributed by atoms with Crippen LogP contribution in [-0.2, 0) is 21.4 Å². The maximum absolute atomic E-state index is 13.7. The molecule has 7 nitrogen and oxygen atoms in total. The van der Waals surface area contributed by atoms with Crippen LogP contribution >= 0.6 is 23.2 Å². The van der Waals surface area contributed by atoms with Gasteiger partial charge < -0.3 is 9.84 Å². The molecule has 0 spiro atoms. The van der Waals surface area contributed by atoms with Crippen LogP contribution in [0.1, 0.15) is 15.9 Å². The molecule has 0 saturated carbocycles. The molecule has 0 atom stereocenters. The number of cyclic esters (lactones) is 1. The van der Waals surface area contributed by atoms with Gasteiger partial charge in [-0.1, -0.05) is 29.3 Å². The molecule has 4 bridgehead atoms. The van der Waals surface area contributed by atoms with Crippen molar-refractivity contribution in [2.75, 3.05) is 4.72 Å². The average molecular weight is 469 g/mol. The highest BCUT2D eigenvalue weighted by molar-refractivity contribution is 7.92. The second kappa shape index (κ2) is 7.42.